The number of nitrogens with two attached hydrogens (primary N) is 1. The van der Waals surface area contributed by atoms with Gasteiger partial charge in [0.05, 0.1) is 31.6 Å². The van der Waals surface area contributed by atoms with Gasteiger partial charge in [-0.1, -0.05) is 12.6 Å². The Bertz CT molecular complexity index is 1790. The van der Waals surface area contributed by atoms with Crippen molar-refractivity contribution in [2.45, 2.75) is 20.8 Å². The molecule has 1 amide bonds. The third-order valence-electron chi connectivity index (χ3n) is 5.83. The van der Waals surface area contributed by atoms with Crippen LogP contribution in [0.15, 0.2) is 65.5 Å². The van der Waals surface area contributed by atoms with E-state index in [9.17, 15) is 4.79 Å². The highest BCUT2D eigenvalue weighted by Gasteiger charge is 2.23. The van der Waals surface area contributed by atoms with E-state index >= 15 is 4.39 Å². The highest BCUT2D eigenvalue weighted by molar-refractivity contribution is 9.10. The van der Waals surface area contributed by atoms with Gasteiger partial charge in [0, 0.05) is 34.6 Å². The van der Waals surface area contributed by atoms with Crippen molar-refractivity contribution < 1.29 is 13.9 Å². The number of thiophene rings is 1. The van der Waals surface area contributed by atoms with E-state index in [1.54, 1.807) is 44.6 Å². The fourth-order valence-corrected chi connectivity index (χ4v) is 5.81. The van der Waals surface area contributed by atoms with Crippen molar-refractivity contribution >= 4 is 54.8 Å². The summed E-state index contributed by atoms with van der Waals surface area (Å²) in [5.74, 6) is -0.581. The molecule has 11 heteroatoms. The number of nitrogen functional groups attached to an aromatic ring is 1. The van der Waals surface area contributed by atoms with Gasteiger partial charge in [0.15, 0.2) is 11.6 Å². The van der Waals surface area contributed by atoms with Crippen molar-refractivity contribution in [2.24, 2.45) is 0 Å². The predicted octanol–water partition coefficient (Wildman–Crippen LogP) is 7.22. The van der Waals surface area contributed by atoms with Crippen LogP contribution in [-0.2, 0) is 4.79 Å². The lowest BCUT2D eigenvalue weighted by Crippen LogP contribution is -2.12. The van der Waals surface area contributed by atoms with E-state index < -0.39 is 5.82 Å². The number of ether oxygens (including phenoxy) is 1. The van der Waals surface area contributed by atoms with E-state index in [0.29, 0.717) is 45.0 Å². The molecule has 1 aromatic carbocycles. The number of rotatable bonds is 6. The zero-order valence-electron chi connectivity index (χ0n) is 21.2. The summed E-state index contributed by atoms with van der Waals surface area (Å²) >= 11 is 5.03. The summed E-state index contributed by atoms with van der Waals surface area (Å²) in [7, 11) is 0. The molecular weight excluding hydrogens is 583 g/mol. The minimum Gasteiger partial charge on any atom is -0.421 e. The Labute approximate surface area is 236 Å². The lowest BCUT2D eigenvalue weighted by Gasteiger charge is -2.12. The first-order valence-electron chi connectivity index (χ1n) is 11.7. The molecule has 0 atom stereocenters. The smallest absolute Gasteiger partial charge is 0.322 e. The minimum atomic E-state index is -0.591. The molecule has 5 aromatic rings. The van der Waals surface area contributed by atoms with Crippen LogP contribution in [0.3, 0.4) is 0 Å². The van der Waals surface area contributed by atoms with Gasteiger partial charge in [0.1, 0.15) is 5.82 Å². The molecule has 0 fully saturated rings. The number of aromatic nitrogens is 4. The molecule has 0 spiro atoms. The summed E-state index contributed by atoms with van der Waals surface area (Å²) in [5.41, 5.74) is 10.7. The van der Waals surface area contributed by atoms with E-state index in [0.717, 1.165) is 19.6 Å². The normalized spacial score (nSPS) is 11.0. The summed E-state index contributed by atoms with van der Waals surface area (Å²) in [6, 6.07) is 8.27. The molecule has 5 rings (SSSR count). The Balaban J connectivity index is 1.64. The van der Waals surface area contributed by atoms with Crippen molar-refractivity contribution in [3.05, 3.63) is 82.6 Å². The zero-order valence-corrected chi connectivity index (χ0v) is 23.6. The number of nitrogens with one attached hydrogen (secondary N) is 1. The Hall–Kier alpha value is -4.22. The van der Waals surface area contributed by atoms with Gasteiger partial charge in [-0.2, -0.15) is 0 Å². The topological polar surface area (TPSA) is 116 Å². The Morgan fingerprint density at radius 2 is 1.95 bits per heavy atom. The summed E-state index contributed by atoms with van der Waals surface area (Å²) in [4.78, 5) is 30.1. The number of hydrogen-bond acceptors (Lipinski definition) is 8. The quantitative estimate of drug-likeness (QED) is 0.196. The summed E-state index contributed by atoms with van der Waals surface area (Å²) in [6.45, 7) is 8.99. The van der Waals surface area contributed by atoms with Crippen molar-refractivity contribution in [3.63, 3.8) is 0 Å². The number of anilines is 2. The molecule has 0 unspecified atom stereocenters. The maximum absolute atomic E-state index is 15.4. The molecule has 0 saturated carbocycles. The summed E-state index contributed by atoms with van der Waals surface area (Å²) in [5, 5.41) is 3.46. The lowest BCUT2D eigenvalue weighted by molar-refractivity contribution is -0.112. The summed E-state index contributed by atoms with van der Waals surface area (Å²) < 4.78 is 22.6. The molecule has 3 N–H and O–H groups in total. The Morgan fingerprint density at radius 1 is 1.15 bits per heavy atom. The number of hydrogen-bond donors (Lipinski definition) is 2. The van der Waals surface area contributed by atoms with Gasteiger partial charge in [-0.15, -0.1) is 11.3 Å². The minimum absolute atomic E-state index is 0.00961. The van der Waals surface area contributed by atoms with Crippen molar-refractivity contribution in [2.75, 3.05) is 11.1 Å². The second-order valence-electron chi connectivity index (χ2n) is 8.85. The van der Waals surface area contributed by atoms with Crippen molar-refractivity contribution in [1.29, 1.82) is 0 Å². The molecule has 39 heavy (non-hydrogen) atoms. The number of nitrogens with zero attached hydrogens (tertiary/aromatic N) is 4. The van der Waals surface area contributed by atoms with Crippen LogP contribution in [0.5, 0.6) is 11.8 Å². The van der Waals surface area contributed by atoms with E-state index in [-0.39, 0.29) is 17.7 Å². The number of pyridine rings is 2. The molecule has 4 aromatic heterocycles. The molecule has 0 bridgehead atoms. The van der Waals surface area contributed by atoms with Crippen LogP contribution in [-0.4, -0.2) is 25.8 Å². The van der Waals surface area contributed by atoms with Crippen LogP contribution >= 0.6 is 27.3 Å². The van der Waals surface area contributed by atoms with Gasteiger partial charge in [0.2, 0.25) is 0 Å². The van der Waals surface area contributed by atoms with Gasteiger partial charge in [-0.25, -0.2) is 19.3 Å². The average molecular weight is 605 g/mol. The maximum atomic E-state index is 15.4. The molecule has 8 nitrogen and oxygen atoms in total. The Morgan fingerprint density at radius 3 is 2.64 bits per heavy atom. The SMILES string of the molecule is C=C(C)C(=O)Nc1cnc(-c2sc3c(Br)cnc(N)c3c2-c2ccc(Oc3nccc(C)n3)c(F)c2)c(C)c1. The first-order chi connectivity index (χ1) is 18.6. The van der Waals surface area contributed by atoms with Crippen molar-refractivity contribution in [1.82, 2.24) is 19.9 Å². The third kappa shape index (κ3) is 5.23. The van der Waals surface area contributed by atoms with Crippen LogP contribution in [0.25, 0.3) is 31.8 Å². The van der Waals surface area contributed by atoms with Gasteiger partial charge >= 0.3 is 6.01 Å². The van der Waals surface area contributed by atoms with E-state index in [4.69, 9.17) is 10.5 Å². The number of fused-ring (bicyclic) bond motifs is 1. The molecule has 0 aliphatic heterocycles. The van der Waals surface area contributed by atoms with Crippen LogP contribution in [0.4, 0.5) is 15.9 Å². The number of aryl methyl sites for hydroxylation is 2. The molecular formula is C28H22BrFN6O2S. The lowest BCUT2D eigenvalue weighted by atomic mass is 9.99. The first kappa shape index (κ1) is 26.4. The Kier molecular flexibility index (Phi) is 7.11. The van der Waals surface area contributed by atoms with E-state index in [1.807, 2.05) is 13.0 Å². The highest BCUT2D eigenvalue weighted by Crippen LogP contribution is 2.49. The fraction of sp³-hybridized carbons (Fsp3) is 0.107. The number of amides is 1. The molecule has 0 aliphatic carbocycles. The number of halogens is 2. The maximum Gasteiger partial charge on any atom is 0.322 e. The molecule has 0 radical (unpaired) electrons. The first-order valence-corrected chi connectivity index (χ1v) is 13.3. The number of carbonyl (C=O) groups is 1. The molecule has 196 valence electrons. The van der Waals surface area contributed by atoms with Gasteiger partial charge in [0.25, 0.3) is 5.91 Å². The van der Waals surface area contributed by atoms with Crippen LogP contribution < -0.4 is 15.8 Å². The molecule has 0 aliphatic rings. The molecule has 4 heterocycles. The van der Waals surface area contributed by atoms with E-state index in [1.165, 1.54) is 23.5 Å². The van der Waals surface area contributed by atoms with Crippen molar-refractivity contribution in [3.8, 4) is 33.5 Å². The second kappa shape index (κ2) is 10.5. The van der Waals surface area contributed by atoms with Gasteiger partial charge in [-0.3, -0.25) is 9.78 Å². The van der Waals surface area contributed by atoms with Crippen LogP contribution in [0.2, 0.25) is 0 Å². The van der Waals surface area contributed by atoms with Crippen LogP contribution in [0, 0.1) is 19.7 Å². The zero-order chi connectivity index (χ0) is 27.8. The summed E-state index contributed by atoms with van der Waals surface area (Å²) in [6.07, 6.45) is 4.76. The molecule has 0 saturated heterocycles. The number of carbonyl (C=O) groups excluding carboxylic acids is 1. The second-order valence-corrected chi connectivity index (χ2v) is 10.7. The fourth-order valence-electron chi connectivity index (χ4n) is 3.97. The third-order valence-corrected chi connectivity index (χ3v) is 7.93. The largest absolute Gasteiger partial charge is 0.421 e. The number of benzene rings is 1. The van der Waals surface area contributed by atoms with Gasteiger partial charge in [-0.05, 0) is 72.1 Å². The highest BCUT2D eigenvalue weighted by atomic mass is 79.9. The monoisotopic (exact) mass is 604 g/mol. The van der Waals surface area contributed by atoms with Gasteiger partial charge < -0.3 is 15.8 Å². The van der Waals surface area contributed by atoms with Crippen LogP contribution in [0.1, 0.15) is 18.2 Å². The predicted molar refractivity (Wildman–Crippen MR) is 155 cm³/mol. The van der Waals surface area contributed by atoms with E-state index in [2.05, 4.69) is 47.8 Å². The standard InChI is InChI=1S/C28H22BrFN6O2S/c1-13(2)27(37)36-17-9-14(3)23(33-11-17)25-21(22-24(39-25)18(29)12-34-26(22)31)16-5-6-20(19(30)10-16)38-28-32-8-7-15(4)35-28/h5-12H,1H2,2-4H3,(H2,31,34)(H,36,37). The average Bonchev–Trinajstić information content (AvgIpc) is 3.29.